The molecule has 2 aromatic carbocycles. The van der Waals surface area contributed by atoms with Crippen LogP contribution in [-0.4, -0.2) is 44.5 Å². The Bertz CT molecular complexity index is 1360. The molecule has 0 fully saturated rings. The molecule has 3 aromatic rings. The zero-order valence-corrected chi connectivity index (χ0v) is 23.8. The molecule has 8 nitrogen and oxygen atoms in total. The van der Waals surface area contributed by atoms with Crippen molar-refractivity contribution in [2.75, 3.05) is 20.5 Å². The molecule has 210 valence electrons. The van der Waals surface area contributed by atoms with Crippen LogP contribution >= 0.6 is 0 Å². The van der Waals surface area contributed by atoms with Gasteiger partial charge >= 0.3 is 0 Å². The van der Waals surface area contributed by atoms with E-state index in [1.807, 2.05) is 40.7 Å². The van der Waals surface area contributed by atoms with Gasteiger partial charge in [0.25, 0.3) is 0 Å². The Hall–Kier alpha value is -3.30. The molecular weight excluding hydrogens is 516 g/mol. The molecule has 2 atom stereocenters. The van der Waals surface area contributed by atoms with Gasteiger partial charge in [0.05, 0.1) is 33.0 Å². The maximum Gasteiger partial charge on any atom is 0.237 e. The molecular formula is C30H38N2O6S. The number of hydrogen-bond donors (Lipinski definition) is 2. The Balaban J connectivity index is 1.58. The number of methoxy groups -OCH3 is 2. The summed E-state index contributed by atoms with van der Waals surface area (Å²) in [4.78, 5) is 12.1. The minimum atomic E-state index is -3.61. The predicted molar refractivity (Wildman–Crippen MR) is 150 cm³/mol. The Morgan fingerprint density at radius 1 is 1.10 bits per heavy atom. The van der Waals surface area contributed by atoms with Gasteiger partial charge in [0, 0.05) is 30.4 Å². The molecule has 1 aliphatic carbocycles. The third-order valence-electron chi connectivity index (χ3n) is 7.46. The summed E-state index contributed by atoms with van der Waals surface area (Å²) in [7, 11) is -0.363. The van der Waals surface area contributed by atoms with Crippen molar-refractivity contribution in [1.29, 1.82) is 0 Å². The second-order valence-electron chi connectivity index (χ2n) is 10.4. The van der Waals surface area contributed by atoms with Gasteiger partial charge in [-0.25, -0.2) is 8.42 Å². The molecule has 0 bridgehead atoms. The quantitative estimate of drug-likeness (QED) is 0.352. The Labute approximate surface area is 231 Å². The van der Waals surface area contributed by atoms with Crippen LogP contribution in [0.4, 0.5) is 0 Å². The van der Waals surface area contributed by atoms with Crippen LogP contribution in [0.15, 0.2) is 54.9 Å². The number of nitrogens with one attached hydrogen (secondary N) is 1. The van der Waals surface area contributed by atoms with Gasteiger partial charge in [0.1, 0.15) is 11.5 Å². The number of sulfonamides is 1. The van der Waals surface area contributed by atoms with Gasteiger partial charge < -0.3 is 19.1 Å². The molecule has 0 spiro atoms. The van der Waals surface area contributed by atoms with Crippen LogP contribution in [0.5, 0.6) is 11.5 Å². The van der Waals surface area contributed by atoms with Crippen molar-refractivity contribution in [2.45, 2.75) is 51.7 Å². The van der Waals surface area contributed by atoms with Crippen LogP contribution in [-0.2, 0) is 47.0 Å². The number of ether oxygens (including phenoxy) is 2. The summed E-state index contributed by atoms with van der Waals surface area (Å²) >= 11 is 0. The fourth-order valence-corrected chi connectivity index (χ4v) is 6.24. The maximum atomic E-state index is 12.1. The fourth-order valence-electron chi connectivity index (χ4n) is 5.75. The van der Waals surface area contributed by atoms with Crippen molar-refractivity contribution in [3.63, 3.8) is 0 Å². The molecule has 9 heteroatoms. The summed E-state index contributed by atoms with van der Waals surface area (Å²) in [5.74, 6) is 1.08. The molecule has 39 heavy (non-hydrogen) atoms. The third kappa shape index (κ3) is 7.22. The molecule has 0 aliphatic heterocycles. The first-order valence-corrected chi connectivity index (χ1v) is 15.1. The Morgan fingerprint density at radius 2 is 1.72 bits per heavy atom. The summed E-state index contributed by atoms with van der Waals surface area (Å²) in [5, 5.41) is 11.7. The van der Waals surface area contributed by atoms with E-state index in [1.165, 1.54) is 11.1 Å². The summed E-state index contributed by atoms with van der Waals surface area (Å²) in [6, 6.07) is 14.1. The van der Waals surface area contributed by atoms with E-state index in [0.717, 1.165) is 43.1 Å². The van der Waals surface area contributed by atoms with Crippen LogP contribution in [0.3, 0.4) is 0 Å². The van der Waals surface area contributed by atoms with Crippen LogP contribution in [0, 0.1) is 11.8 Å². The second-order valence-corrected chi connectivity index (χ2v) is 12.2. The van der Waals surface area contributed by atoms with Gasteiger partial charge in [-0.15, -0.1) is 0 Å². The van der Waals surface area contributed by atoms with E-state index in [0.29, 0.717) is 29.5 Å². The number of aliphatic hydroxyl groups excluding tert-OH is 1. The minimum Gasteiger partial charge on any atom is -0.496 e. The lowest BCUT2D eigenvalue weighted by Gasteiger charge is -2.27. The highest BCUT2D eigenvalue weighted by Gasteiger charge is 2.30. The lowest BCUT2D eigenvalue weighted by Crippen LogP contribution is -2.30. The van der Waals surface area contributed by atoms with Crippen LogP contribution in [0.1, 0.15) is 47.3 Å². The van der Waals surface area contributed by atoms with E-state index in [-0.39, 0.29) is 12.3 Å². The molecule has 1 aliphatic rings. The van der Waals surface area contributed by atoms with Gasteiger partial charge in [-0.3, -0.25) is 9.52 Å². The third-order valence-corrected chi connectivity index (χ3v) is 8.06. The SMILES string of the molecule is CCc1c(OC)cc([C@@H](O)[C@@H](CC2Cc3ccccc3C2)Cn2ccc(CC(=O)NS(C)(=O)=O)c2)cc1OC. The van der Waals surface area contributed by atoms with Crippen molar-refractivity contribution in [3.8, 4) is 11.5 Å². The number of carbonyl (C=O) groups excluding carboxylic acids is 1. The van der Waals surface area contributed by atoms with E-state index in [4.69, 9.17) is 9.47 Å². The maximum absolute atomic E-state index is 12.1. The summed E-state index contributed by atoms with van der Waals surface area (Å²) in [6.07, 6.45) is 7.34. The molecule has 0 unspecified atom stereocenters. The van der Waals surface area contributed by atoms with Gasteiger partial charge in [-0.1, -0.05) is 31.2 Å². The Kier molecular flexibility index (Phi) is 9.02. The Morgan fingerprint density at radius 3 is 2.26 bits per heavy atom. The highest BCUT2D eigenvalue weighted by atomic mass is 32.2. The van der Waals surface area contributed by atoms with Gasteiger partial charge in [-0.2, -0.15) is 0 Å². The van der Waals surface area contributed by atoms with Crippen molar-refractivity contribution < 1.29 is 27.8 Å². The molecule has 0 saturated carbocycles. The molecule has 1 amide bonds. The van der Waals surface area contributed by atoms with E-state index >= 15 is 0 Å². The topological polar surface area (TPSA) is 107 Å². The van der Waals surface area contributed by atoms with Crippen molar-refractivity contribution in [1.82, 2.24) is 9.29 Å². The smallest absolute Gasteiger partial charge is 0.237 e. The zero-order valence-electron chi connectivity index (χ0n) is 23.0. The van der Waals surface area contributed by atoms with Gasteiger partial charge in [-0.05, 0) is 72.1 Å². The number of carbonyl (C=O) groups is 1. The molecule has 0 radical (unpaired) electrons. The number of aromatic nitrogens is 1. The first-order chi connectivity index (χ1) is 18.6. The normalized spacial score (nSPS) is 15.0. The van der Waals surface area contributed by atoms with Crippen molar-refractivity contribution in [3.05, 3.63) is 82.7 Å². The molecule has 0 saturated heterocycles. The molecule has 1 heterocycles. The van der Waals surface area contributed by atoms with E-state index in [1.54, 1.807) is 20.3 Å². The van der Waals surface area contributed by atoms with Gasteiger partial charge in [0.2, 0.25) is 15.9 Å². The van der Waals surface area contributed by atoms with Crippen LogP contribution in [0.2, 0.25) is 0 Å². The monoisotopic (exact) mass is 554 g/mol. The average Bonchev–Trinajstić information content (AvgIpc) is 3.51. The van der Waals surface area contributed by atoms with Crippen LogP contribution in [0.25, 0.3) is 0 Å². The standard InChI is InChI=1S/C30H38N2O6S/c1-5-26-27(37-2)16-24(17-28(26)38-3)30(34)25(14-21-12-22-8-6-7-9-23(22)13-21)19-32-11-10-20(18-32)15-29(33)31-39(4,35)36/h6-11,16-18,21,25,30,34H,5,12-15,19H2,1-4H3,(H,31,33)/t25-,30+/m0/s1. The predicted octanol–water partition coefficient (Wildman–Crippen LogP) is 3.84. The lowest BCUT2D eigenvalue weighted by atomic mass is 9.85. The van der Waals surface area contributed by atoms with Crippen LogP contribution < -0.4 is 14.2 Å². The number of fused-ring (bicyclic) bond motifs is 1. The molecule has 1 aromatic heterocycles. The largest absolute Gasteiger partial charge is 0.496 e. The number of rotatable bonds is 12. The van der Waals surface area contributed by atoms with Gasteiger partial charge in [0.15, 0.2) is 0 Å². The van der Waals surface area contributed by atoms with Crippen molar-refractivity contribution >= 4 is 15.9 Å². The van der Waals surface area contributed by atoms with Crippen molar-refractivity contribution in [2.24, 2.45) is 11.8 Å². The summed E-state index contributed by atoms with van der Waals surface area (Å²) in [6.45, 7) is 2.57. The first-order valence-electron chi connectivity index (χ1n) is 13.2. The van der Waals surface area contributed by atoms with E-state index in [9.17, 15) is 18.3 Å². The zero-order chi connectivity index (χ0) is 28.2. The first kappa shape index (κ1) is 28.7. The fraction of sp³-hybridized carbons (Fsp3) is 0.433. The minimum absolute atomic E-state index is 0.0435. The molecule has 2 N–H and O–H groups in total. The summed E-state index contributed by atoms with van der Waals surface area (Å²) < 4.78 is 38.0. The lowest BCUT2D eigenvalue weighted by molar-refractivity contribution is -0.118. The summed E-state index contributed by atoms with van der Waals surface area (Å²) in [5.41, 5.74) is 5.13. The number of hydrogen-bond acceptors (Lipinski definition) is 6. The number of amides is 1. The number of benzene rings is 2. The second kappa shape index (κ2) is 12.3. The number of aliphatic hydroxyl groups is 1. The number of nitrogens with zero attached hydrogens (tertiary/aromatic N) is 1. The van der Waals surface area contributed by atoms with E-state index < -0.39 is 22.0 Å². The van der Waals surface area contributed by atoms with E-state index in [2.05, 4.69) is 24.3 Å². The highest BCUT2D eigenvalue weighted by Crippen LogP contribution is 2.39. The highest BCUT2D eigenvalue weighted by molar-refractivity contribution is 7.89. The molecule has 4 rings (SSSR count). The average molecular weight is 555 g/mol.